The van der Waals surface area contributed by atoms with E-state index in [-0.39, 0.29) is 6.04 Å². The van der Waals surface area contributed by atoms with E-state index in [2.05, 4.69) is 34.1 Å². The lowest BCUT2D eigenvalue weighted by molar-refractivity contribution is 0.0962. The zero-order valence-electron chi connectivity index (χ0n) is 19.7. The molecular weight excluding hydrogens is 444 g/mol. The molecule has 1 saturated carbocycles. The summed E-state index contributed by atoms with van der Waals surface area (Å²) < 4.78 is 5.99. The molecule has 3 aromatic rings. The van der Waals surface area contributed by atoms with Gasteiger partial charge in [-0.25, -0.2) is 4.79 Å². The van der Waals surface area contributed by atoms with Crippen LogP contribution in [0.15, 0.2) is 54.6 Å². The Kier molecular flexibility index (Phi) is 7.30. The van der Waals surface area contributed by atoms with E-state index in [1.807, 2.05) is 30.3 Å². The summed E-state index contributed by atoms with van der Waals surface area (Å²) in [7, 11) is 0. The Balaban J connectivity index is 1.06. The van der Waals surface area contributed by atoms with Crippen molar-refractivity contribution >= 4 is 33.5 Å². The third kappa shape index (κ3) is 5.36. The van der Waals surface area contributed by atoms with E-state index in [9.17, 15) is 9.90 Å². The van der Waals surface area contributed by atoms with E-state index in [0.29, 0.717) is 12.5 Å². The fourth-order valence-electron chi connectivity index (χ4n) is 5.53. The predicted octanol–water partition coefficient (Wildman–Crippen LogP) is 5.55. The molecule has 6 nitrogen and oxygen atoms in total. The smallest absolute Gasteiger partial charge is 0.407 e. The van der Waals surface area contributed by atoms with Gasteiger partial charge in [0.2, 0.25) is 0 Å². The van der Waals surface area contributed by atoms with Crippen LogP contribution in [0.1, 0.15) is 37.7 Å². The van der Waals surface area contributed by atoms with Crippen molar-refractivity contribution in [3.63, 3.8) is 0 Å². The van der Waals surface area contributed by atoms with Crippen LogP contribution in [0.25, 0.3) is 10.1 Å². The van der Waals surface area contributed by atoms with Gasteiger partial charge in [0.05, 0.1) is 4.70 Å². The van der Waals surface area contributed by atoms with Crippen LogP contribution in [-0.4, -0.2) is 64.1 Å². The second-order valence-corrected chi connectivity index (χ2v) is 10.5. The van der Waals surface area contributed by atoms with Crippen LogP contribution >= 0.6 is 11.5 Å². The lowest BCUT2D eigenvalue weighted by atomic mass is 9.83. The number of carboxylic acid groups (broad SMARTS) is 1. The summed E-state index contributed by atoms with van der Waals surface area (Å²) in [5, 5.41) is 11.1. The van der Waals surface area contributed by atoms with Crippen molar-refractivity contribution in [3.8, 4) is 0 Å². The largest absolute Gasteiger partial charge is 0.465 e. The monoisotopic (exact) mass is 478 g/mol. The number of aromatic nitrogens is 1. The van der Waals surface area contributed by atoms with Crippen LogP contribution < -0.4 is 4.90 Å². The van der Waals surface area contributed by atoms with Gasteiger partial charge in [0.1, 0.15) is 5.82 Å². The van der Waals surface area contributed by atoms with Crippen LogP contribution in [-0.2, 0) is 6.54 Å². The summed E-state index contributed by atoms with van der Waals surface area (Å²) in [4.78, 5) is 18.6. The Labute approximate surface area is 206 Å². The molecule has 0 atom stereocenters. The number of rotatable bonds is 7. The van der Waals surface area contributed by atoms with E-state index in [1.54, 1.807) is 16.4 Å². The Morgan fingerprint density at radius 1 is 0.971 bits per heavy atom. The first-order chi connectivity index (χ1) is 16.7. The maximum Gasteiger partial charge on any atom is 0.407 e. The Hall–Kier alpha value is -2.64. The van der Waals surface area contributed by atoms with Gasteiger partial charge in [-0.3, -0.25) is 4.90 Å². The highest BCUT2D eigenvalue weighted by Gasteiger charge is 2.29. The molecule has 1 N–H and O–H groups in total. The molecule has 1 aromatic heterocycles. The summed E-state index contributed by atoms with van der Waals surface area (Å²) in [5.74, 6) is 1.86. The quantitative estimate of drug-likeness (QED) is 0.483. The molecule has 34 heavy (non-hydrogen) atoms. The van der Waals surface area contributed by atoms with Gasteiger partial charge in [0, 0.05) is 44.2 Å². The minimum Gasteiger partial charge on any atom is -0.465 e. The molecule has 0 bridgehead atoms. The van der Waals surface area contributed by atoms with Crippen molar-refractivity contribution in [1.29, 1.82) is 0 Å². The number of hydrogen-bond donors (Lipinski definition) is 1. The Morgan fingerprint density at radius 2 is 1.68 bits per heavy atom. The summed E-state index contributed by atoms with van der Waals surface area (Å²) in [6.07, 6.45) is 4.65. The van der Waals surface area contributed by atoms with E-state index >= 15 is 0 Å². The first kappa shape index (κ1) is 23.1. The molecule has 7 heteroatoms. The second kappa shape index (κ2) is 10.7. The normalized spacial score (nSPS) is 21.6. The lowest BCUT2D eigenvalue weighted by Crippen LogP contribution is -2.47. The molecule has 0 spiro atoms. The van der Waals surface area contributed by atoms with Crippen LogP contribution in [0.5, 0.6) is 0 Å². The van der Waals surface area contributed by atoms with Gasteiger partial charge in [-0.1, -0.05) is 42.5 Å². The molecule has 1 amide bonds. The summed E-state index contributed by atoms with van der Waals surface area (Å²) in [6, 6.07) is 18.6. The molecule has 2 aliphatic rings. The van der Waals surface area contributed by atoms with Gasteiger partial charge < -0.3 is 14.9 Å². The molecule has 5 rings (SSSR count). The molecular formula is C27H34N4O2S. The topological polar surface area (TPSA) is 59.9 Å². The van der Waals surface area contributed by atoms with E-state index in [1.165, 1.54) is 16.5 Å². The Bertz CT molecular complexity index is 1070. The molecule has 1 saturated heterocycles. The van der Waals surface area contributed by atoms with Gasteiger partial charge in [-0.05, 0) is 73.8 Å². The van der Waals surface area contributed by atoms with Crippen LogP contribution in [0.3, 0.4) is 0 Å². The number of piperazine rings is 1. The van der Waals surface area contributed by atoms with Crippen molar-refractivity contribution in [2.24, 2.45) is 5.92 Å². The maximum atomic E-state index is 11.9. The highest BCUT2D eigenvalue weighted by atomic mass is 32.1. The number of fused-ring (bicyclic) bond motifs is 1. The summed E-state index contributed by atoms with van der Waals surface area (Å²) >= 11 is 1.60. The predicted molar refractivity (Wildman–Crippen MR) is 139 cm³/mol. The van der Waals surface area contributed by atoms with Crippen molar-refractivity contribution in [3.05, 3.63) is 60.2 Å². The number of benzene rings is 2. The van der Waals surface area contributed by atoms with Crippen LogP contribution in [0, 0.1) is 5.92 Å². The van der Waals surface area contributed by atoms with Gasteiger partial charge in [0.15, 0.2) is 0 Å². The molecule has 0 radical (unpaired) electrons. The van der Waals surface area contributed by atoms with Crippen molar-refractivity contribution < 1.29 is 9.90 Å². The minimum absolute atomic E-state index is 0.144. The van der Waals surface area contributed by atoms with Crippen LogP contribution in [0.4, 0.5) is 10.6 Å². The average Bonchev–Trinajstić information content (AvgIpc) is 3.31. The number of nitrogens with zero attached hydrogens (tertiary/aromatic N) is 4. The van der Waals surface area contributed by atoms with Crippen molar-refractivity contribution in [1.82, 2.24) is 14.2 Å². The highest BCUT2D eigenvalue weighted by molar-refractivity contribution is 7.13. The summed E-state index contributed by atoms with van der Waals surface area (Å²) in [5.41, 5.74) is 1.07. The van der Waals surface area contributed by atoms with E-state index in [0.717, 1.165) is 69.8 Å². The maximum absolute atomic E-state index is 11.9. The highest BCUT2D eigenvalue weighted by Crippen LogP contribution is 2.32. The molecule has 0 unspecified atom stereocenters. The number of hydrogen-bond acceptors (Lipinski definition) is 5. The number of anilines is 1. The third-order valence-electron chi connectivity index (χ3n) is 7.58. The zero-order valence-corrected chi connectivity index (χ0v) is 20.5. The van der Waals surface area contributed by atoms with E-state index < -0.39 is 6.09 Å². The fourth-order valence-corrected chi connectivity index (χ4v) is 6.32. The fraction of sp³-hybridized carbons (Fsp3) is 0.481. The second-order valence-electron chi connectivity index (χ2n) is 9.69. The van der Waals surface area contributed by atoms with Gasteiger partial charge >= 0.3 is 6.09 Å². The van der Waals surface area contributed by atoms with E-state index in [4.69, 9.17) is 4.37 Å². The van der Waals surface area contributed by atoms with Gasteiger partial charge in [0.25, 0.3) is 0 Å². The summed E-state index contributed by atoms with van der Waals surface area (Å²) in [6.45, 7) is 5.88. The van der Waals surface area contributed by atoms with Crippen LogP contribution in [0.2, 0.25) is 0 Å². The van der Waals surface area contributed by atoms with Gasteiger partial charge in [-0.15, -0.1) is 0 Å². The molecule has 2 aromatic carbocycles. The molecule has 2 fully saturated rings. The molecule has 1 aliphatic heterocycles. The average molecular weight is 479 g/mol. The lowest BCUT2D eigenvalue weighted by Gasteiger charge is -2.38. The van der Waals surface area contributed by atoms with Gasteiger partial charge in [-0.2, -0.15) is 4.37 Å². The minimum atomic E-state index is -0.793. The van der Waals surface area contributed by atoms with Crippen molar-refractivity contribution in [2.45, 2.75) is 44.7 Å². The molecule has 2 heterocycles. The van der Waals surface area contributed by atoms with Crippen molar-refractivity contribution in [2.75, 3.05) is 37.6 Å². The first-order valence-electron chi connectivity index (χ1n) is 12.5. The number of amides is 1. The molecule has 1 aliphatic carbocycles. The SMILES string of the molecule is O=C(O)N(Cc1ccccc1)C1CCC(CCN2CCN(c3nsc4ccccc34)CC2)CC1. The third-order valence-corrected chi connectivity index (χ3v) is 8.40. The first-order valence-corrected chi connectivity index (χ1v) is 13.3. The molecule has 180 valence electrons. The Morgan fingerprint density at radius 3 is 2.41 bits per heavy atom. The number of carbonyl (C=O) groups is 1. The zero-order chi connectivity index (χ0) is 23.3. The standard InChI is InChI=1S/C27H34N4O2S/c32-27(33)31(20-22-6-2-1-3-7-22)23-12-10-21(11-13-23)14-15-29-16-18-30(19-17-29)26-24-8-4-5-9-25(24)34-28-26/h1-9,21,23H,10-20H2,(H,32,33).